The molecule has 1 amide bonds. The molecule has 3 nitrogen and oxygen atoms in total. The molecule has 106 valence electrons. The molecule has 3 atom stereocenters. The van der Waals surface area contributed by atoms with Crippen LogP contribution < -0.4 is 4.74 Å². The third-order valence-corrected chi connectivity index (χ3v) is 5.44. The maximum absolute atomic E-state index is 12.9. The summed E-state index contributed by atoms with van der Waals surface area (Å²) in [6.45, 7) is 5.18. The molecule has 0 unspecified atom stereocenters. The van der Waals surface area contributed by atoms with Crippen molar-refractivity contribution in [2.24, 2.45) is 11.3 Å². The lowest BCUT2D eigenvalue weighted by atomic mass is 9.62. The first-order valence-corrected chi connectivity index (χ1v) is 7.62. The van der Waals surface area contributed by atoms with Gasteiger partial charge >= 0.3 is 0 Å². The summed E-state index contributed by atoms with van der Waals surface area (Å²) in [6, 6.07) is 8.40. The van der Waals surface area contributed by atoms with Crippen LogP contribution in [-0.2, 0) is 4.79 Å². The summed E-state index contributed by atoms with van der Waals surface area (Å²) >= 11 is 0. The number of para-hydroxylation sites is 1. The second-order valence-corrected chi connectivity index (χ2v) is 7.10. The highest BCUT2D eigenvalue weighted by atomic mass is 16.5. The Morgan fingerprint density at radius 1 is 1.35 bits per heavy atom. The van der Waals surface area contributed by atoms with Crippen LogP contribution in [-0.4, -0.2) is 23.5 Å². The molecule has 0 aromatic heterocycles. The fourth-order valence-electron chi connectivity index (χ4n) is 3.99. The average Bonchev–Trinajstić information content (AvgIpc) is 2.76. The molecule has 2 aliphatic heterocycles. The fourth-order valence-corrected chi connectivity index (χ4v) is 3.99. The molecule has 20 heavy (non-hydrogen) atoms. The van der Waals surface area contributed by atoms with E-state index >= 15 is 0 Å². The van der Waals surface area contributed by atoms with E-state index in [4.69, 9.17) is 4.74 Å². The first-order chi connectivity index (χ1) is 9.56. The third-order valence-electron chi connectivity index (χ3n) is 5.44. The van der Waals surface area contributed by atoms with Gasteiger partial charge < -0.3 is 9.64 Å². The molecule has 1 aromatic carbocycles. The normalized spacial score (nSPS) is 33.1. The molecule has 2 bridgehead atoms. The van der Waals surface area contributed by atoms with Gasteiger partial charge in [-0.25, -0.2) is 0 Å². The number of hydrogen-bond acceptors (Lipinski definition) is 2. The van der Waals surface area contributed by atoms with Gasteiger partial charge in [-0.3, -0.25) is 4.79 Å². The number of carbonyl (C=O) groups excluding carboxylic acids is 1. The Kier molecular flexibility index (Phi) is 2.45. The molecule has 2 heterocycles. The molecule has 0 N–H and O–H groups in total. The topological polar surface area (TPSA) is 29.5 Å². The van der Waals surface area contributed by atoms with Crippen molar-refractivity contribution in [3.63, 3.8) is 0 Å². The smallest absolute Gasteiger partial charge is 0.226 e. The van der Waals surface area contributed by atoms with E-state index in [1.807, 2.05) is 18.2 Å². The van der Waals surface area contributed by atoms with E-state index < -0.39 is 0 Å². The molecule has 0 radical (unpaired) electrons. The second-order valence-electron chi connectivity index (χ2n) is 7.10. The van der Waals surface area contributed by atoms with E-state index in [1.165, 1.54) is 12.0 Å². The quantitative estimate of drug-likeness (QED) is 0.785. The molecular formula is C17H21NO2. The minimum Gasteiger partial charge on any atom is -0.488 e. The van der Waals surface area contributed by atoms with Crippen molar-refractivity contribution in [2.75, 3.05) is 6.54 Å². The zero-order valence-corrected chi connectivity index (χ0v) is 12.1. The second kappa shape index (κ2) is 4.00. The molecular weight excluding hydrogens is 250 g/mol. The molecule has 0 spiro atoms. The number of ether oxygens (including phenoxy) is 1. The zero-order chi connectivity index (χ0) is 13.9. The van der Waals surface area contributed by atoms with Gasteiger partial charge in [0.05, 0.1) is 12.6 Å². The van der Waals surface area contributed by atoms with Crippen molar-refractivity contribution in [3.8, 4) is 5.75 Å². The van der Waals surface area contributed by atoms with Crippen molar-refractivity contribution < 1.29 is 9.53 Å². The van der Waals surface area contributed by atoms with E-state index in [1.54, 1.807) is 0 Å². The van der Waals surface area contributed by atoms with Gasteiger partial charge in [-0.05, 0) is 24.3 Å². The highest BCUT2D eigenvalue weighted by Crippen LogP contribution is 2.50. The van der Waals surface area contributed by atoms with Crippen LogP contribution >= 0.6 is 0 Å². The van der Waals surface area contributed by atoms with E-state index in [-0.39, 0.29) is 23.5 Å². The molecule has 1 aliphatic carbocycles. The van der Waals surface area contributed by atoms with Gasteiger partial charge in [-0.2, -0.15) is 0 Å². The predicted octanol–water partition coefficient (Wildman–Crippen LogP) is 3.16. The minimum atomic E-state index is 0.175. The van der Waals surface area contributed by atoms with Crippen LogP contribution in [0.25, 0.3) is 0 Å². The molecule has 1 saturated carbocycles. The van der Waals surface area contributed by atoms with Crippen molar-refractivity contribution in [3.05, 3.63) is 29.8 Å². The Balaban J connectivity index is 1.64. The number of benzene rings is 1. The van der Waals surface area contributed by atoms with Crippen LogP contribution in [0, 0.1) is 11.3 Å². The molecule has 4 rings (SSSR count). The van der Waals surface area contributed by atoms with Crippen LogP contribution in [0.3, 0.4) is 0 Å². The number of amides is 1. The summed E-state index contributed by atoms with van der Waals surface area (Å²) in [4.78, 5) is 15.0. The summed E-state index contributed by atoms with van der Waals surface area (Å²) in [5, 5.41) is 0. The van der Waals surface area contributed by atoms with Gasteiger partial charge in [-0.1, -0.05) is 32.0 Å². The lowest BCUT2D eigenvalue weighted by Crippen LogP contribution is -2.47. The van der Waals surface area contributed by atoms with Crippen LogP contribution in [0.4, 0.5) is 0 Å². The molecule has 1 saturated heterocycles. The summed E-state index contributed by atoms with van der Waals surface area (Å²) in [5.74, 6) is 1.51. The van der Waals surface area contributed by atoms with Crippen LogP contribution in [0.5, 0.6) is 5.75 Å². The zero-order valence-electron chi connectivity index (χ0n) is 12.1. The Bertz CT molecular complexity index is 566. The minimum absolute atomic E-state index is 0.175. The number of rotatable bonds is 1. The number of carbonyl (C=O) groups is 1. The summed E-state index contributed by atoms with van der Waals surface area (Å²) in [7, 11) is 0. The highest BCUT2D eigenvalue weighted by Gasteiger charge is 2.49. The van der Waals surface area contributed by atoms with Gasteiger partial charge in [0, 0.05) is 17.9 Å². The van der Waals surface area contributed by atoms with E-state index in [2.05, 4.69) is 24.8 Å². The van der Waals surface area contributed by atoms with Crippen molar-refractivity contribution in [1.29, 1.82) is 0 Å². The van der Waals surface area contributed by atoms with Gasteiger partial charge in [0.25, 0.3) is 0 Å². The lowest BCUT2D eigenvalue weighted by Gasteiger charge is -2.45. The highest BCUT2D eigenvalue weighted by molar-refractivity contribution is 5.81. The number of hydrogen-bond donors (Lipinski definition) is 0. The molecule has 3 heteroatoms. The fraction of sp³-hybridized carbons (Fsp3) is 0.588. The molecule has 1 aromatic rings. The maximum atomic E-state index is 12.9. The Morgan fingerprint density at radius 2 is 2.15 bits per heavy atom. The summed E-state index contributed by atoms with van der Waals surface area (Å²) < 4.78 is 5.99. The standard InChI is InChI=1S/C17H21NO2/c1-17(2)8-7-13(17)16(19)18-10-11-9-14(18)12-5-3-4-6-15(12)20-11/h3-6,11,13-14H,7-10H2,1-2H3/t11-,13-,14-/m0/s1. The monoisotopic (exact) mass is 271 g/mol. The summed E-state index contributed by atoms with van der Waals surface area (Å²) in [5.41, 5.74) is 1.36. The SMILES string of the molecule is CC1(C)CC[C@H]1C(=O)N1C[C@@H]2C[C@H]1c1ccccc1O2. The van der Waals surface area contributed by atoms with Gasteiger partial charge in [0.1, 0.15) is 11.9 Å². The number of likely N-dealkylation sites (tertiary alicyclic amines) is 1. The Morgan fingerprint density at radius 3 is 2.85 bits per heavy atom. The van der Waals surface area contributed by atoms with Crippen molar-refractivity contribution in [2.45, 2.75) is 45.3 Å². The van der Waals surface area contributed by atoms with Crippen molar-refractivity contribution in [1.82, 2.24) is 4.90 Å². The Labute approximate surface area is 119 Å². The largest absolute Gasteiger partial charge is 0.488 e. The lowest BCUT2D eigenvalue weighted by molar-refractivity contribution is -0.146. The van der Waals surface area contributed by atoms with E-state index in [9.17, 15) is 4.79 Å². The predicted molar refractivity (Wildman–Crippen MR) is 76.4 cm³/mol. The molecule has 2 fully saturated rings. The first kappa shape index (κ1) is 12.2. The van der Waals surface area contributed by atoms with Gasteiger partial charge in [0.2, 0.25) is 5.91 Å². The average molecular weight is 271 g/mol. The third kappa shape index (κ3) is 1.62. The Hall–Kier alpha value is -1.51. The molecule has 3 aliphatic rings. The van der Waals surface area contributed by atoms with Crippen molar-refractivity contribution >= 4 is 5.91 Å². The van der Waals surface area contributed by atoms with Crippen LogP contribution in [0.2, 0.25) is 0 Å². The van der Waals surface area contributed by atoms with E-state index in [0.717, 1.165) is 25.1 Å². The van der Waals surface area contributed by atoms with Gasteiger partial charge in [0.15, 0.2) is 0 Å². The van der Waals surface area contributed by atoms with Crippen LogP contribution in [0.1, 0.15) is 44.7 Å². The number of nitrogens with zero attached hydrogens (tertiary/aromatic N) is 1. The first-order valence-electron chi connectivity index (χ1n) is 7.62. The van der Waals surface area contributed by atoms with Gasteiger partial charge in [-0.15, -0.1) is 0 Å². The number of fused-ring (bicyclic) bond motifs is 4. The maximum Gasteiger partial charge on any atom is 0.226 e. The van der Waals surface area contributed by atoms with E-state index in [0.29, 0.717) is 5.91 Å². The van der Waals surface area contributed by atoms with Crippen LogP contribution in [0.15, 0.2) is 24.3 Å². The summed E-state index contributed by atoms with van der Waals surface area (Å²) in [6.07, 6.45) is 3.35.